The zero-order valence-corrected chi connectivity index (χ0v) is 11.0. The molecule has 1 aliphatic rings. The summed E-state index contributed by atoms with van der Waals surface area (Å²) < 4.78 is 0. The molecule has 0 saturated heterocycles. The van der Waals surface area contributed by atoms with Crippen molar-refractivity contribution in [2.24, 2.45) is 11.8 Å². The highest BCUT2D eigenvalue weighted by Crippen LogP contribution is 2.45. The van der Waals surface area contributed by atoms with Gasteiger partial charge in [-0.15, -0.1) is 0 Å². The molecule has 0 spiro atoms. The van der Waals surface area contributed by atoms with Crippen molar-refractivity contribution in [1.29, 1.82) is 0 Å². The summed E-state index contributed by atoms with van der Waals surface area (Å²) in [6.07, 6.45) is 2.66. The highest BCUT2D eigenvalue weighted by atomic mass is 14.4. The van der Waals surface area contributed by atoms with Gasteiger partial charge in [-0.3, -0.25) is 0 Å². The first-order chi connectivity index (χ1) is 7.65. The molecule has 1 aliphatic carbocycles. The summed E-state index contributed by atoms with van der Waals surface area (Å²) in [5.74, 6) is 3.16. The Hall–Kier alpha value is -0.780. The van der Waals surface area contributed by atoms with Crippen molar-refractivity contribution >= 4 is 0 Å². The average molecular weight is 248 g/mol. The summed E-state index contributed by atoms with van der Waals surface area (Å²) in [6, 6.07) is 9.09. The molecule has 1 aromatic rings. The maximum Gasteiger partial charge on any atom is -0.0131 e. The highest BCUT2D eigenvalue weighted by molar-refractivity contribution is 5.36. The molecule has 18 heavy (non-hydrogen) atoms. The van der Waals surface area contributed by atoms with E-state index in [4.69, 9.17) is 0 Å². The van der Waals surface area contributed by atoms with E-state index in [-0.39, 0.29) is 14.9 Å². The van der Waals surface area contributed by atoms with Crippen molar-refractivity contribution in [2.75, 3.05) is 0 Å². The fourth-order valence-corrected chi connectivity index (χ4v) is 3.12. The maximum atomic E-state index is 2.41. The van der Waals surface area contributed by atoms with Crippen LogP contribution in [0.25, 0.3) is 0 Å². The minimum atomic E-state index is 0. The number of hydrogen-bond acceptors (Lipinski definition) is 0. The predicted molar refractivity (Wildman–Crippen MR) is 84.3 cm³/mol. The van der Waals surface area contributed by atoms with Gasteiger partial charge in [0.2, 0.25) is 0 Å². The Labute approximate surface area is 115 Å². The second-order valence-electron chi connectivity index (χ2n) is 5.62. The van der Waals surface area contributed by atoms with E-state index in [1.807, 2.05) is 0 Å². The van der Waals surface area contributed by atoms with E-state index >= 15 is 0 Å². The van der Waals surface area contributed by atoms with Crippen molar-refractivity contribution in [3.63, 3.8) is 0 Å². The Morgan fingerprint density at radius 1 is 1.11 bits per heavy atom. The smallest absolute Gasteiger partial charge is 0.0131 e. The van der Waals surface area contributed by atoms with Crippen LogP contribution in [0.5, 0.6) is 0 Å². The third-order valence-electron chi connectivity index (χ3n) is 4.70. The maximum absolute atomic E-state index is 2.41. The first kappa shape index (κ1) is 17.2. The van der Waals surface area contributed by atoms with E-state index in [1.54, 1.807) is 11.1 Å². The molecule has 0 heteroatoms. The highest BCUT2D eigenvalue weighted by Gasteiger charge is 2.31. The van der Waals surface area contributed by atoms with Gasteiger partial charge in [0.15, 0.2) is 0 Å². The molecule has 104 valence electrons. The van der Waals surface area contributed by atoms with Crippen molar-refractivity contribution < 1.29 is 0 Å². The number of fused-ring (bicyclic) bond motifs is 1. The third-order valence-corrected chi connectivity index (χ3v) is 4.70. The van der Waals surface area contributed by atoms with E-state index < -0.39 is 0 Å². The summed E-state index contributed by atoms with van der Waals surface area (Å²) in [5, 5.41) is 0. The van der Waals surface area contributed by atoms with Crippen LogP contribution in [0.1, 0.15) is 78.4 Å². The molecule has 4 unspecified atom stereocenters. The normalized spacial score (nSPS) is 27.4. The second-order valence-corrected chi connectivity index (χ2v) is 5.62. The van der Waals surface area contributed by atoms with Gasteiger partial charge >= 0.3 is 0 Å². The van der Waals surface area contributed by atoms with Crippen molar-refractivity contribution in [2.45, 2.75) is 67.2 Å². The zero-order chi connectivity index (χ0) is 11.7. The Morgan fingerprint density at radius 3 is 2.22 bits per heavy atom. The monoisotopic (exact) mass is 248 g/mol. The molecule has 0 aromatic heterocycles. The number of benzene rings is 1. The third kappa shape index (κ3) is 2.96. The van der Waals surface area contributed by atoms with Crippen LogP contribution < -0.4 is 0 Å². The standard InChI is InChI=1S/C16H24.2CH4/c1-5-11(2)16-10-12(3)13(4)14-8-6-7-9-15(14)16;;/h6-9,11-13,16H,5,10H2,1-4H3;2*1H4. The zero-order valence-electron chi connectivity index (χ0n) is 11.0. The van der Waals surface area contributed by atoms with Gasteiger partial charge in [-0.05, 0) is 41.2 Å². The number of rotatable bonds is 2. The molecule has 1 aromatic carbocycles. The lowest BCUT2D eigenvalue weighted by Crippen LogP contribution is -2.23. The van der Waals surface area contributed by atoms with E-state index in [2.05, 4.69) is 52.0 Å². The Bertz CT molecular complexity index is 353. The van der Waals surface area contributed by atoms with Crippen LogP contribution in [-0.2, 0) is 0 Å². The summed E-state index contributed by atoms with van der Waals surface area (Å²) in [5.41, 5.74) is 3.23. The average Bonchev–Trinajstić information content (AvgIpc) is 2.33. The van der Waals surface area contributed by atoms with Crippen LogP contribution in [0, 0.1) is 11.8 Å². The van der Waals surface area contributed by atoms with Crippen molar-refractivity contribution in [3.8, 4) is 0 Å². The Kier molecular flexibility index (Phi) is 6.67. The lowest BCUT2D eigenvalue weighted by Gasteiger charge is -2.37. The predicted octanol–water partition coefficient (Wildman–Crippen LogP) is 6.23. The van der Waals surface area contributed by atoms with Gasteiger partial charge < -0.3 is 0 Å². The van der Waals surface area contributed by atoms with E-state index in [0.29, 0.717) is 0 Å². The minimum absolute atomic E-state index is 0. The molecule has 0 radical (unpaired) electrons. The van der Waals surface area contributed by atoms with Crippen LogP contribution in [-0.4, -0.2) is 0 Å². The van der Waals surface area contributed by atoms with Crippen LogP contribution in [0.4, 0.5) is 0 Å². The minimum Gasteiger partial charge on any atom is -0.0776 e. The van der Waals surface area contributed by atoms with Crippen LogP contribution in [0.2, 0.25) is 0 Å². The van der Waals surface area contributed by atoms with Gasteiger partial charge in [0.1, 0.15) is 0 Å². The Balaban J connectivity index is 0.00000144. The molecule has 4 atom stereocenters. The van der Waals surface area contributed by atoms with Gasteiger partial charge in [0, 0.05) is 0 Å². The van der Waals surface area contributed by atoms with Crippen molar-refractivity contribution in [1.82, 2.24) is 0 Å². The second kappa shape index (κ2) is 6.97. The fraction of sp³-hybridized carbons (Fsp3) is 0.667. The lowest BCUT2D eigenvalue weighted by atomic mass is 9.67. The Morgan fingerprint density at radius 2 is 1.67 bits per heavy atom. The molecule has 0 N–H and O–H groups in total. The molecule has 0 saturated carbocycles. The van der Waals surface area contributed by atoms with Crippen LogP contribution >= 0.6 is 0 Å². The van der Waals surface area contributed by atoms with Gasteiger partial charge in [-0.25, -0.2) is 0 Å². The quantitative estimate of drug-likeness (QED) is 0.582. The topological polar surface area (TPSA) is 0 Å². The SMILES string of the molecule is C.C.CCC(C)C1CC(C)C(C)c2ccccc21. The molecule has 0 nitrogen and oxygen atoms in total. The van der Waals surface area contributed by atoms with Gasteiger partial charge in [0.05, 0.1) is 0 Å². The first-order valence-electron chi connectivity index (χ1n) is 6.74. The molecular weight excluding hydrogens is 216 g/mol. The summed E-state index contributed by atoms with van der Waals surface area (Å²) in [6.45, 7) is 9.52. The van der Waals surface area contributed by atoms with E-state index in [0.717, 1.165) is 23.7 Å². The lowest BCUT2D eigenvalue weighted by molar-refractivity contribution is 0.311. The molecule has 2 rings (SSSR count). The molecule has 0 fully saturated rings. The van der Waals surface area contributed by atoms with Gasteiger partial charge in [0.25, 0.3) is 0 Å². The first-order valence-corrected chi connectivity index (χ1v) is 6.74. The largest absolute Gasteiger partial charge is 0.0776 e. The van der Waals surface area contributed by atoms with Crippen molar-refractivity contribution in [3.05, 3.63) is 35.4 Å². The van der Waals surface area contributed by atoms with Crippen LogP contribution in [0.15, 0.2) is 24.3 Å². The van der Waals surface area contributed by atoms with E-state index in [1.165, 1.54) is 12.8 Å². The molecule has 0 bridgehead atoms. The molecule has 0 amide bonds. The molecular formula is C18H32. The van der Waals surface area contributed by atoms with Crippen LogP contribution in [0.3, 0.4) is 0 Å². The summed E-state index contributed by atoms with van der Waals surface area (Å²) in [7, 11) is 0. The summed E-state index contributed by atoms with van der Waals surface area (Å²) >= 11 is 0. The molecule has 0 heterocycles. The van der Waals surface area contributed by atoms with E-state index in [9.17, 15) is 0 Å². The summed E-state index contributed by atoms with van der Waals surface area (Å²) in [4.78, 5) is 0. The van der Waals surface area contributed by atoms with Gasteiger partial charge in [-0.1, -0.05) is 73.2 Å². The van der Waals surface area contributed by atoms with Gasteiger partial charge in [-0.2, -0.15) is 0 Å². The fourth-order valence-electron chi connectivity index (χ4n) is 3.12. The number of hydrogen-bond donors (Lipinski definition) is 0. The molecule has 0 aliphatic heterocycles.